The molecule has 234 valence electrons. The summed E-state index contributed by atoms with van der Waals surface area (Å²) in [7, 11) is 2.08. The topological polar surface area (TPSA) is 102 Å². The van der Waals surface area contributed by atoms with Crippen molar-refractivity contribution in [3.05, 3.63) is 60.5 Å². The number of rotatable bonds is 8. The number of halogens is 1. The molecule has 2 fully saturated rings. The van der Waals surface area contributed by atoms with Crippen LogP contribution in [0.15, 0.2) is 54.7 Å². The number of benzene rings is 2. The molecule has 2 aromatic carbocycles. The lowest BCUT2D eigenvalue weighted by atomic mass is 10.0. The number of hydrogen-bond donors (Lipinski definition) is 2. The Labute approximate surface area is 258 Å². The van der Waals surface area contributed by atoms with Crippen LogP contribution in [0.25, 0.3) is 11.0 Å². The van der Waals surface area contributed by atoms with Crippen LogP contribution < -0.4 is 19.8 Å². The highest BCUT2D eigenvalue weighted by Crippen LogP contribution is 2.33. The Morgan fingerprint density at radius 3 is 2.36 bits per heavy atom. The van der Waals surface area contributed by atoms with Gasteiger partial charge < -0.3 is 25.0 Å². The lowest BCUT2D eigenvalue weighted by Gasteiger charge is -2.42. The Bertz CT molecular complexity index is 1750. The lowest BCUT2D eigenvalue weighted by Crippen LogP contribution is -2.52. The summed E-state index contributed by atoms with van der Waals surface area (Å²) in [6.45, 7) is 6.09. The van der Waals surface area contributed by atoms with Gasteiger partial charge in [-0.15, -0.1) is 0 Å². The largest absolute Gasteiger partial charge is 0.369 e. The first-order valence-electron chi connectivity index (χ1n) is 14.9. The Kier molecular flexibility index (Phi) is 8.36. The van der Waals surface area contributed by atoms with E-state index in [1.165, 1.54) is 17.4 Å². The van der Waals surface area contributed by atoms with E-state index in [1.807, 2.05) is 42.1 Å². The second-order valence-electron chi connectivity index (χ2n) is 11.8. The molecule has 0 atom stereocenters. The van der Waals surface area contributed by atoms with Crippen LogP contribution in [0.1, 0.15) is 12.8 Å². The maximum atomic E-state index is 15.5. The van der Waals surface area contributed by atoms with E-state index in [1.54, 1.807) is 18.2 Å². The molecular weight excluding hydrogens is 581 g/mol. The van der Waals surface area contributed by atoms with Gasteiger partial charge in [0.1, 0.15) is 17.3 Å². The standard InChI is InChI=1S/C31H40FN9O2S/c1-37-17-19-40(20-18-37)23-11-15-41(16-12-23)27-10-9-22(21-25(27)32)33-31-35-29(24-13-14-38(2)30(24)36-31)34-26-7-5-6-8-28(26)39(3)44(4,42)43/h5-10,13-14,21,23H,11-12,15-20H2,1-4H3,(H2,33,34,35,36). The van der Waals surface area contributed by atoms with Crippen LogP contribution >= 0.6 is 0 Å². The number of piperazine rings is 1. The minimum absolute atomic E-state index is 0.288. The van der Waals surface area contributed by atoms with Crippen molar-refractivity contribution in [1.29, 1.82) is 0 Å². The van der Waals surface area contributed by atoms with Gasteiger partial charge in [0.2, 0.25) is 16.0 Å². The van der Waals surface area contributed by atoms with Crippen LogP contribution in [0.2, 0.25) is 0 Å². The van der Waals surface area contributed by atoms with E-state index in [4.69, 9.17) is 4.98 Å². The van der Waals surface area contributed by atoms with E-state index in [2.05, 4.69) is 37.4 Å². The smallest absolute Gasteiger partial charge is 0.232 e. The second kappa shape index (κ2) is 12.2. The van der Waals surface area contributed by atoms with Crippen molar-refractivity contribution >= 4 is 55.6 Å². The molecule has 6 rings (SSSR count). The van der Waals surface area contributed by atoms with Gasteiger partial charge in [0.15, 0.2) is 0 Å². The SMILES string of the molecule is CN1CCN(C2CCN(c3ccc(Nc4nc(Nc5ccccc5N(C)S(C)(=O)=O)c5ccn(C)c5n4)cc3F)CC2)CC1. The average Bonchev–Trinajstić information content (AvgIpc) is 3.38. The normalized spacial score (nSPS) is 17.2. The average molecular weight is 622 g/mol. The van der Waals surface area contributed by atoms with Crippen LogP contribution in [0.5, 0.6) is 0 Å². The summed E-state index contributed by atoms with van der Waals surface area (Å²) in [5, 5.41) is 7.24. The van der Waals surface area contributed by atoms with Gasteiger partial charge >= 0.3 is 0 Å². The monoisotopic (exact) mass is 621 g/mol. The molecule has 4 aromatic rings. The Morgan fingerprint density at radius 2 is 1.66 bits per heavy atom. The molecule has 11 nitrogen and oxygen atoms in total. The maximum absolute atomic E-state index is 15.5. The number of hydrogen-bond acceptors (Lipinski definition) is 9. The van der Waals surface area contributed by atoms with Crippen LogP contribution in [-0.4, -0.2) is 98.4 Å². The third kappa shape index (κ3) is 6.30. The lowest BCUT2D eigenvalue weighted by molar-refractivity contribution is 0.0981. The fourth-order valence-corrected chi connectivity index (χ4v) is 6.59. The number of nitrogens with one attached hydrogen (secondary N) is 2. The van der Waals surface area contributed by atoms with Gasteiger partial charge in [-0.1, -0.05) is 12.1 Å². The summed E-state index contributed by atoms with van der Waals surface area (Å²) in [6, 6.07) is 14.8. The fourth-order valence-electron chi connectivity index (χ4n) is 6.08. The molecule has 13 heteroatoms. The van der Waals surface area contributed by atoms with Gasteiger partial charge in [-0.3, -0.25) is 9.21 Å². The van der Waals surface area contributed by atoms with E-state index in [-0.39, 0.29) is 11.8 Å². The zero-order chi connectivity index (χ0) is 31.0. The highest BCUT2D eigenvalue weighted by Gasteiger charge is 2.28. The first-order valence-corrected chi connectivity index (χ1v) is 16.8. The molecule has 44 heavy (non-hydrogen) atoms. The molecule has 0 aliphatic carbocycles. The molecule has 0 bridgehead atoms. The molecule has 2 aliphatic rings. The molecule has 2 saturated heterocycles. The summed E-state index contributed by atoms with van der Waals surface area (Å²) in [5.74, 6) is 0.493. The first-order chi connectivity index (χ1) is 21.1. The van der Waals surface area contributed by atoms with Gasteiger partial charge in [-0.2, -0.15) is 9.97 Å². The van der Waals surface area contributed by atoms with Crippen molar-refractivity contribution in [2.45, 2.75) is 18.9 Å². The van der Waals surface area contributed by atoms with Crippen molar-refractivity contribution in [3.63, 3.8) is 0 Å². The number of likely N-dealkylation sites (N-methyl/N-ethyl adjacent to an activating group) is 1. The molecule has 0 spiro atoms. The summed E-state index contributed by atoms with van der Waals surface area (Å²) in [5.41, 5.74) is 2.87. The number of anilines is 6. The summed E-state index contributed by atoms with van der Waals surface area (Å²) >= 11 is 0. The molecule has 0 radical (unpaired) electrons. The fraction of sp³-hybridized carbons (Fsp3) is 0.419. The van der Waals surface area contributed by atoms with Crippen LogP contribution in [0, 0.1) is 5.82 Å². The zero-order valence-electron chi connectivity index (χ0n) is 25.7. The molecule has 4 heterocycles. The third-order valence-corrected chi connectivity index (χ3v) is 9.97. The van der Waals surface area contributed by atoms with Gasteiger partial charge in [-0.25, -0.2) is 12.8 Å². The van der Waals surface area contributed by atoms with Gasteiger partial charge in [0, 0.05) is 71.3 Å². The van der Waals surface area contributed by atoms with E-state index in [0.717, 1.165) is 63.8 Å². The van der Waals surface area contributed by atoms with Crippen molar-refractivity contribution in [2.75, 3.05) is 79.5 Å². The van der Waals surface area contributed by atoms with Gasteiger partial charge in [0.25, 0.3) is 0 Å². The second-order valence-corrected chi connectivity index (χ2v) is 13.8. The number of para-hydroxylation sites is 2. The summed E-state index contributed by atoms with van der Waals surface area (Å²) in [6.07, 6.45) is 5.11. The number of aromatic nitrogens is 3. The quantitative estimate of drug-likeness (QED) is 0.300. The van der Waals surface area contributed by atoms with E-state index in [9.17, 15) is 8.42 Å². The predicted octanol–water partition coefficient (Wildman–Crippen LogP) is 4.21. The number of aryl methyl sites for hydroxylation is 1. The Hall–Kier alpha value is -3.94. The van der Waals surface area contributed by atoms with Crippen molar-refractivity contribution in [2.24, 2.45) is 7.05 Å². The van der Waals surface area contributed by atoms with Crippen LogP contribution in [0.4, 0.5) is 38.9 Å². The molecule has 2 aromatic heterocycles. The van der Waals surface area contributed by atoms with Crippen LogP contribution in [0.3, 0.4) is 0 Å². The zero-order valence-corrected chi connectivity index (χ0v) is 26.5. The highest BCUT2D eigenvalue weighted by atomic mass is 32.2. The van der Waals surface area contributed by atoms with Crippen molar-refractivity contribution in [1.82, 2.24) is 24.3 Å². The highest BCUT2D eigenvalue weighted by molar-refractivity contribution is 7.92. The van der Waals surface area contributed by atoms with Crippen molar-refractivity contribution in [3.8, 4) is 0 Å². The van der Waals surface area contributed by atoms with Crippen molar-refractivity contribution < 1.29 is 12.8 Å². The molecule has 2 aliphatic heterocycles. The Balaban J connectivity index is 1.20. The van der Waals surface area contributed by atoms with Gasteiger partial charge in [0.05, 0.1) is 28.7 Å². The number of nitrogens with zero attached hydrogens (tertiary/aromatic N) is 7. The first kappa shape index (κ1) is 30.1. The summed E-state index contributed by atoms with van der Waals surface area (Å²) in [4.78, 5) is 16.5. The van der Waals surface area contributed by atoms with Gasteiger partial charge in [-0.05, 0) is 56.3 Å². The summed E-state index contributed by atoms with van der Waals surface area (Å²) < 4.78 is 43.1. The van der Waals surface area contributed by atoms with Crippen LogP contribution in [-0.2, 0) is 17.1 Å². The van der Waals surface area contributed by atoms with E-state index >= 15 is 4.39 Å². The molecule has 0 unspecified atom stereocenters. The number of piperidine rings is 1. The Morgan fingerprint density at radius 1 is 0.932 bits per heavy atom. The molecule has 0 saturated carbocycles. The minimum Gasteiger partial charge on any atom is -0.369 e. The predicted molar refractivity (Wildman–Crippen MR) is 175 cm³/mol. The molecule has 0 amide bonds. The van der Waals surface area contributed by atoms with E-state index < -0.39 is 10.0 Å². The molecular formula is C31H40FN9O2S. The number of fused-ring (bicyclic) bond motifs is 1. The molecule has 2 N–H and O–H groups in total. The maximum Gasteiger partial charge on any atom is 0.232 e. The number of sulfonamides is 1. The van der Waals surface area contributed by atoms with E-state index in [0.29, 0.717) is 40.3 Å². The minimum atomic E-state index is -3.48. The third-order valence-electron chi connectivity index (χ3n) is 8.78.